The SMILES string of the molecule is [C-]#[N+]c1cnc2cc(CNc3ncnc(N4CCc5ncccc5C4)c3F)ccc2c1. The summed E-state index contributed by atoms with van der Waals surface area (Å²) < 4.78 is 15.2. The Balaban J connectivity index is 1.34. The molecule has 0 spiro atoms. The van der Waals surface area contributed by atoms with Crippen LogP contribution in [-0.2, 0) is 19.5 Å². The Morgan fingerprint density at radius 1 is 1.13 bits per heavy atom. The molecule has 4 aromatic rings. The maximum atomic E-state index is 15.2. The lowest BCUT2D eigenvalue weighted by atomic mass is 10.1. The van der Waals surface area contributed by atoms with Crippen molar-refractivity contribution < 1.29 is 4.39 Å². The van der Waals surface area contributed by atoms with Gasteiger partial charge in [0.15, 0.2) is 11.6 Å². The zero-order valence-electron chi connectivity index (χ0n) is 16.6. The van der Waals surface area contributed by atoms with Crippen LogP contribution >= 0.6 is 0 Å². The second-order valence-electron chi connectivity index (χ2n) is 7.33. The number of nitrogens with one attached hydrogen (secondary N) is 1. The lowest BCUT2D eigenvalue weighted by molar-refractivity contribution is 0.595. The van der Waals surface area contributed by atoms with Crippen molar-refractivity contribution in [2.45, 2.75) is 19.5 Å². The number of aromatic nitrogens is 4. The normalized spacial score (nSPS) is 13.0. The number of benzene rings is 1. The third kappa shape index (κ3) is 3.73. The molecule has 1 aliphatic heterocycles. The Labute approximate surface area is 178 Å². The molecule has 0 radical (unpaired) electrons. The molecule has 0 bridgehead atoms. The summed E-state index contributed by atoms with van der Waals surface area (Å²) in [5.74, 6) is -0.00676. The van der Waals surface area contributed by atoms with Gasteiger partial charge < -0.3 is 10.2 Å². The van der Waals surface area contributed by atoms with E-state index in [1.54, 1.807) is 18.5 Å². The van der Waals surface area contributed by atoms with Gasteiger partial charge in [-0.05, 0) is 34.7 Å². The van der Waals surface area contributed by atoms with Crippen molar-refractivity contribution in [3.05, 3.63) is 89.2 Å². The maximum Gasteiger partial charge on any atom is 0.207 e. The number of nitrogens with zero attached hydrogens (tertiary/aromatic N) is 6. The fourth-order valence-electron chi connectivity index (χ4n) is 3.76. The Morgan fingerprint density at radius 2 is 2.06 bits per heavy atom. The largest absolute Gasteiger partial charge is 0.363 e. The smallest absolute Gasteiger partial charge is 0.207 e. The van der Waals surface area contributed by atoms with Crippen molar-refractivity contribution in [1.29, 1.82) is 0 Å². The molecule has 8 heteroatoms. The molecule has 0 aliphatic carbocycles. The number of hydrogen-bond donors (Lipinski definition) is 1. The number of fused-ring (bicyclic) bond motifs is 2. The maximum absolute atomic E-state index is 15.2. The van der Waals surface area contributed by atoms with E-state index in [2.05, 4.69) is 30.1 Å². The van der Waals surface area contributed by atoms with Crippen LogP contribution in [-0.4, -0.2) is 26.5 Å². The lowest BCUT2D eigenvalue weighted by Gasteiger charge is -2.29. The molecule has 5 rings (SSSR count). The van der Waals surface area contributed by atoms with E-state index >= 15 is 4.39 Å². The highest BCUT2D eigenvalue weighted by Gasteiger charge is 2.22. The van der Waals surface area contributed by atoms with Gasteiger partial charge in [0.1, 0.15) is 6.33 Å². The van der Waals surface area contributed by atoms with Crippen molar-refractivity contribution in [2.75, 3.05) is 16.8 Å². The second kappa shape index (κ2) is 7.95. The zero-order valence-corrected chi connectivity index (χ0v) is 16.6. The summed E-state index contributed by atoms with van der Waals surface area (Å²) in [7, 11) is 0. The molecule has 1 N–H and O–H groups in total. The van der Waals surface area contributed by atoms with E-state index in [0.717, 1.165) is 34.1 Å². The van der Waals surface area contributed by atoms with E-state index < -0.39 is 5.82 Å². The van der Waals surface area contributed by atoms with Crippen LogP contribution in [0.4, 0.5) is 21.7 Å². The molecule has 1 aromatic carbocycles. The first-order valence-electron chi connectivity index (χ1n) is 9.89. The summed E-state index contributed by atoms with van der Waals surface area (Å²) in [4.78, 5) is 22.3. The highest BCUT2D eigenvalue weighted by atomic mass is 19.1. The first-order valence-corrected chi connectivity index (χ1v) is 9.89. The molecule has 3 aromatic heterocycles. The molecule has 1 aliphatic rings. The van der Waals surface area contributed by atoms with Gasteiger partial charge in [0, 0.05) is 44.1 Å². The van der Waals surface area contributed by atoms with E-state index in [9.17, 15) is 0 Å². The van der Waals surface area contributed by atoms with E-state index in [-0.39, 0.29) is 5.82 Å². The number of anilines is 2. The Kier molecular flexibility index (Phi) is 4.84. The van der Waals surface area contributed by atoms with Crippen LogP contribution in [0.25, 0.3) is 15.7 Å². The average Bonchev–Trinajstić information content (AvgIpc) is 2.82. The average molecular weight is 411 g/mol. The highest BCUT2D eigenvalue weighted by Crippen LogP contribution is 2.27. The Morgan fingerprint density at radius 3 is 2.97 bits per heavy atom. The molecule has 152 valence electrons. The van der Waals surface area contributed by atoms with Crippen molar-refractivity contribution in [3.8, 4) is 0 Å². The van der Waals surface area contributed by atoms with Gasteiger partial charge in [-0.2, -0.15) is 4.39 Å². The van der Waals surface area contributed by atoms with Crippen LogP contribution in [0.2, 0.25) is 0 Å². The molecule has 31 heavy (non-hydrogen) atoms. The van der Waals surface area contributed by atoms with Crippen molar-refractivity contribution in [1.82, 2.24) is 19.9 Å². The van der Waals surface area contributed by atoms with Gasteiger partial charge in [0.05, 0.1) is 12.1 Å². The highest BCUT2D eigenvalue weighted by molar-refractivity contribution is 5.82. The number of hydrogen-bond acceptors (Lipinski definition) is 6. The quantitative estimate of drug-likeness (QED) is 0.506. The summed E-state index contributed by atoms with van der Waals surface area (Å²) in [6, 6.07) is 11.5. The molecule has 4 heterocycles. The van der Waals surface area contributed by atoms with Gasteiger partial charge in [-0.3, -0.25) is 9.97 Å². The van der Waals surface area contributed by atoms with Gasteiger partial charge in [-0.15, -0.1) is 0 Å². The van der Waals surface area contributed by atoms with E-state index in [1.807, 2.05) is 35.2 Å². The molecular weight excluding hydrogens is 393 g/mol. The summed E-state index contributed by atoms with van der Waals surface area (Å²) in [6.45, 7) is 8.70. The number of halogens is 1. The third-order valence-electron chi connectivity index (χ3n) is 5.36. The van der Waals surface area contributed by atoms with Crippen molar-refractivity contribution >= 4 is 28.2 Å². The molecule has 0 unspecified atom stereocenters. The van der Waals surface area contributed by atoms with Crippen LogP contribution in [0, 0.1) is 12.4 Å². The number of pyridine rings is 2. The summed E-state index contributed by atoms with van der Waals surface area (Å²) in [5.41, 5.74) is 4.38. The first-order chi connectivity index (χ1) is 15.2. The van der Waals surface area contributed by atoms with E-state index in [4.69, 9.17) is 6.57 Å². The van der Waals surface area contributed by atoms with Gasteiger partial charge in [-0.25, -0.2) is 14.8 Å². The minimum absolute atomic E-state index is 0.165. The minimum Gasteiger partial charge on any atom is -0.363 e. The predicted molar refractivity (Wildman–Crippen MR) is 116 cm³/mol. The minimum atomic E-state index is -0.463. The van der Waals surface area contributed by atoms with Crippen molar-refractivity contribution in [2.24, 2.45) is 0 Å². The molecule has 0 amide bonds. The fraction of sp³-hybridized carbons (Fsp3) is 0.174. The number of rotatable bonds is 4. The topological polar surface area (TPSA) is 71.2 Å². The first kappa shape index (κ1) is 18.9. The molecule has 0 atom stereocenters. The second-order valence-corrected chi connectivity index (χ2v) is 7.33. The van der Waals surface area contributed by atoms with Crippen LogP contribution in [0.1, 0.15) is 16.8 Å². The van der Waals surface area contributed by atoms with Crippen molar-refractivity contribution in [3.63, 3.8) is 0 Å². The van der Waals surface area contributed by atoms with Gasteiger partial charge >= 0.3 is 0 Å². The summed E-state index contributed by atoms with van der Waals surface area (Å²) in [5, 5.41) is 3.97. The van der Waals surface area contributed by atoms with Crippen LogP contribution < -0.4 is 10.2 Å². The van der Waals surface area contributed by atoms with Crippen LogP contribution in [0.15, 0.2) is 55.1 Å². The Hall–Kier alpha value is -4.12. The van der Waals surface area contributed by atoms with Gasteiger partial charge in [-0.1, -0.05) is 18.2 Å². The molecular formula is C23H18FN7. The van der Waals surface area contributed by atoms with Crippen LogP contribution in [0.3, 0.4) is 0 Å². The zero-order chi connectivity index (χ0) is 21.2. The van der Waals surface area contributed by atoms with E-state index in [1.165, 1.54) is 6.33 Å². The fourth-order valence-corrected chi connectivity index (χ4v) is 3.76. The van der Waals surface area contributed by atoms with Crippen LogP contribution in [0.5, 0.6) is 0 Å². The molecule has 0 fully saturated rings. The summed E-state index contributed by atoms with van der Waals surface area (Å²) >= 11 is 0. The third-order valence-corrected chi connectivity index (χ3v) is 5.36. The Bertz CT molecular complexity index is 1320. The van der Waals surface area contributed by atoms with E-state index in [0.29, 0.717) is 31.1 Å². The lowest BCUT2D eigenvalue weighted by Crippen LogP contribution is -2.32. The van der Waals surface area contributed by atoms with Gasteiger partial charge in [0.25, 0.3) is 0 Å². The molecule has 0 saturated heterocycles. The monoisotopic (exact) mass is 411 g/mol. The molecule has 0 saturated carbocycles. The standard InChI is InChI=1S/C23H18FN7/c1-25-18-10-16-5-4-15(9-20(16)27-12-18)11-28-22-21(24)23(30-14-29-22)31-8-6-19-17(13-31)3-2-7-26-19/h2-5,7,9-10,12,14H,6,8,11,13H2,(H,28,29,30). The van der Waals surface area contributed by atoms with Gasteiger partial charge in [0.2, 0.25) is 11.5 Å². The predicted octanol–water partition coefficient (Wildman–Crippen LogP) is 4.28. The molecule has 7 nitrogen and oxygen atoms in total. The summed E-state index contributed by atoms with van der Waals surface area (Å²) in [6.07, 6.45) is 5.47.